The lowest BCUT2D eigenvalue weighted by Gasteiger charge is -2.44. The normalized spacial score (nSPS) is 26.3. The van der Waals surface area contributed by atoms with Gasteiger partial charge in [0.2, 0.25) is 5.82 Å². The molecule has 1 aliphatic carbocycles. The number of hydrogen-bond donors (Lipinski definition) is 0. The van der Waals surface area contributed by atoms with Crippen LogP contribution in [0.1, 0.15) is 49.1 Å². The molecule has 4 rings (SSSR count). The van der Waals surface area contributed by atoms with E-state index in [1.54, 1.807) is 18.5 Å². The molecule has 1 saturated carbocycles. The molecule has 3 heterocycles. The molecule has 1 spiro atoms. The van der Waals surface area contributed by atoms with Crippen molar-refractivity contribution >= 4 is 5.91 Å². The summed E-state index contributed by atoms with van der Waals surface area (Å²) in [5.41, 5.74) is 0.238. The molecule has 3 aliphatic rings. The highest BCUT2D eigenvalue weighted by molar-refractivity contribution is 5.90. The fourth-order valence-electron chi connectivity index (χ4n) is 4.32. The molecule has 0 N–H and O–H groups in total. The number of aromatic nitrogens is 2. The number of likely N-dealkylation sites (N-methyl/N-ethyl adjacent to an activating group) is 1. The average molecular weight is 344 g/mol. The van der Waals surface area contributed by atoms with Crippen molar-refractivity contribution in [3.8, 4) is 0 Å². The van der Waals surface area contributed by atoms with Crippen molar-refractivity contribution < 1.29 is 9.53 Å². The van der Waals surface area contributed by atoms with Crippen molar-refractivity contribution in [1.82, 2.24) is 19.8 Å². The third kappa shape index (κ3) is 3.55. The van der Waals surface area contributed by atoms with Crippen molar-refractivity contribution in [3.05, 3.63) is 24.3 Å². The Hall–Kier alpha value is -1.53. The SMILES string of the molecule is CN1C(COCC2CC2)CCC12CCN(C(=O)c1ncccn1)CC2. The maximum atomic E-state index is 12.5. The van der Waals surface area contributed by atoms with E-state index < -0.39 is 0 Å². The Labute approximate surface area is 149 Å². The smallest absolute Gasteiger partial charge is 0.291 e. The lowest BCUT2D eigenvalue weighted by Crippen LogP contribution is -2.54. The van der Waals surface area contributed by atoms with Crippen LogP contribution < -0.4 is 0 Å². The number of hydrogen-bond acceptors (Lipinski definition) is 5. The molecule has 0 aromatic carbocycles. The molecule has 1 amide bonds. The number of carbonyl (C=O) groups excluding carboxylic acids is 1. The molecule has 1 aromatic heterocycles. The third-order valence-electron chi connectivity index (χ3n) is 6.34. The number of piperidine rings is 1. The van der Waals surface area contributed by atoms with Gasteiger partial charge in [-0.15, -0.1) is 0 Å². The van der Waals surface area contributed by atoms with Crippen LogP contribution in [0.3, 0.4) is 0 Å². The summed E-state index contributed by atoms with van der Waals surface area (Å²) in [6, 6.07) is 2.26. The van der Waals surface area contributed by atoms with Gasteiger partial charge in [0.1, 0.15) is 0 Å². The Bertz CT molecular complexity index is 597. The molecule has 0 radical (unpaired) electrons. The molecule has 2 saturated heterocycles. The quantitative estimate of drug-likeness (QED) is 0.817. The second-order valence-electron chi connectivity index (χ2n) is 7.87. The van der Waals surface area contributed by atoms with Crippen LogP contribution in [-0.2, 0) is 4.74 Å². The minimum Gasteiger partial charge on any atom is -0.380 e. The number of amides is 1. The van der Waals surface area contributed by atoms with E-state index in [9.17, 15) is 4.79 Å². The highest BCUT2D eigenvalue weighted by atomic mass is 16.5. The van der Waals surface area contributed by atoms with E-state index in [1.807, 2.05) is 4.90 Å². The maximum Gasteiger partial charge on any atom is 0.291 e. The van der Waals surface area contributed by atoms with Gasteiger partial charge in [-0.3, -0.25) is 9.69 Å². The number of ether oxygens (including phenoxy) is 1. The standard InChI is InChI=1S/C19H28N4O2/c1-22-16(14-25-13-15-3-4-15)5-6-19(22)7-11-23(12-8-19)18(24)17-20-9-2-10-21-17/h2,9-10,15-16H,3-8,11-14H2,1H3. The minimum absolute atomic E-state index is 0.0413. The van der Waals surface area contributed by atoms with Gasteiger partial charge in [0.05, 0.1) is 6.61 Å². The second kappa shape index (κ2) is 7.00. The molecule has 1 atom stereocenters. The van der Waals surface area contributed by atoms with Crippen LogP contribution >= 0.6 is 0 Å². The van der Waals surface area contributed by atoms with Gasteiger partial charge in [-0.1, -0.05) is 0 Å². The summed E-state index contributed by atoms with van der Waals surface area (Å²) in [4.78, 5) is 25.2. The Kier molecular flexibility index (Phi) is 4.73. The van der Waals surface area contributed by atoms with Gasteiger partial charge in [-0.25, -0.2) is 9.97 Å². The lowest BCUT2D eigenvalue weighted by molar-refractivity contribution is 0.0169. The predicted molar refractivity (Wildman–Crippen MR) is 94.2 cm³/mol. The van der Waals surface area contributed by atoms with Gasteiger partial charge < -0.3 is 9.64 Å². The number of likely N-dealkylation sites (tertiary alicyclic amines) is 2. The highest BCUT2D eigenvalue weighted by Gasteiger charge is 2.46. The maximum absolute atomic E-state index is 12.5. The molecular formula is C19H28N4O2. The Morgan fingerprint density at radius 2 is 1.88 bits per heavy atom. The summed E-state index contributed by atoms with van der Waals surface area (Å²) in [5, 5.41) is 0. The summed E-state index contributed by atoms with van der Waals surface area (Å²) < 4.78 is 5.94. The van der Waals surface area contributed by atoms with Gasteiger partial charge in [0, 0.05) is 43.7 Å². The van der Waals surface area contributed by atoms with Crippen LogP contribution in [0.2, 0.25) is 0 Å². The van der Waals surface area contributed by atoms with Gasteiger partial charge in [-0.05, 0) is 57.6 Å². The Morgan fingerprint density at radius 1 is 1.16 bits per heavy atom. The van der Waals surface area contributed by atoms with Crippen LogP contribution in [0.4, 0.5) is 0 Å². The van der Waals surface area contributed by atoms with E-state index in [2.05, 4.69) is 21.9 Å². The summed E-state index contributed by atoms with van der Waals surface area (Å²) in [6.45, 7) is 3.38. The van der Waals surface area contributed by atoms with Crippen molar-refractivity contribution in [1.29, 1.82) is 0 Å². The second-order valence-corrected chi connectivity index (χ2v) is 7.87. The number of carbonyl (C=O) groups is 1. The van der Waals surface area contributed by atoms with Crippen LogP contribution in [0, 0.1) is 5.92 Å². The molecular weight excluding hydrogens is 316 g/mol. The molecule has 1 unspecified atom stereocenters. The Morgan fingerprint density at radius 3 is 2.56 bits per heavy atom. The van der Waals surface area contributed by atoms with Crippen molar-refractivity contribution in [3.63, 3.8) is 0 Å². The van der Waals surface area contributed by atoms with Crippen LogP contribution in [0.25, 0.3) is 0 Å². The minimum atomic E-state index is -0.0413. The first-order valence-corrected chi connectivity index (χ1v) is 9.55. The van der Waals surface area contributed by atoms with Gasteiger partial charge in [0.25, 0.3) is 5.91 Å². The summed E-state index contributed by atoms with van der Waals surface area (Å²) in [6.07, 6.45) is 10.4. The zero-order chi connectivity index (χ0) is 17.3. The first-order valence-electron chi connectivity index (χ1n) is 9.55. The first-order chi connectivity index (χ1) is 12.2. The molecule has 6 nitrogen and oxygen atoms in total. The molecule has 2 aliphatic heterocycles. The van der Waals surface area contributed by atoms with Gasteiger partial charge in [-0.2, -0.15) is 0 Å². The first kappa shape index (κ1) is 16.9. The zero-order valence-electron chi connectivity index (χ0n) is 15.1. The van der Waals surface area contributed by atoms with Crippen molar-refractivity contribution in [2.24, 2.45) is 5.92 Å². The van der Waals surface area contributed by atoms with E-state index in [-0.39, 0.29) is 11.4 Å². The van der Waals surface area contributed by atoms with Crippen LogP contribution in [-0.4, -0.2) is 70.6 Å². The average Bonchev–Trinajstić information content (AvgIpc) is 3.44. The van der Waals surface area contributed by atoms with E-state index in [4.69, 9.17) is 4.74 Å². The number of nitrogens with zero attached hydrogens (tertiary/aromatic N) is 4. The highest BCUT2D eigenvalue weighted by Crippen LogP contribution is 2.41. The van der Waals surface area contributed by atoms with E-state index in [0.29, 0.717) is 11.9 Å². The topological polar surface area (TPSA) is 58.6 Å². The number of rotatable bonds is 5. The molecule has 0 bridgehead atoms. The summed E-state index contributed by atoms with van der Waals surface area (Å²) in [7, 11) is 2.25. The van der Waals surface area contributed by atoms with Gasteiger partial charge in [0.15, 0.2) is 0 Å². The van der Waals surface area contributed by atoms with Crippen LogP contribution in [0.5, 0.6) is 0 Å². The van der Waals surface area contributed by atoms with Crippen molar-refractivity contribution in [2.45, 2.75) is 50.1 Å². The summed E-state index contributed by atoms with van der Waals surface area (Å²) >= 11 is 0. The summed E-state index contributed by atoms with van der Waals surface area (Å²) in [5.74, 6) is 1.10. The third-order valence-corrected chi connectivity index (χ3v) is 6.34. The predicted octanol–water partition coefficient (Wildman–Crippen LogP) is 1.97. The zero-order valence-corrected chi connectivity index (χ0v) is 15.1. The molecule has 3 fully saturated rings. The largest absolute Gasteiger partial charge is 0.380 e. The monoisotopic (exact) mass is 344 g/mol. The molecule has 6 heteroatoms. The fraction of sp³-hybridized carbons (Fsp3) is 0.737. The van der Waals surface area contributed by atoms with E-state index >= 15 is 0 Å². The molecule has 136 valence electrons. The van der Waals surface area contributed by atoms with Crippen molar-refractivity contribution in [2.75, 3.05) is 33.4 Å². The van der Waals surface area contributed by atoms with Gasteiger partial charge >= 0.3 is 0 Å². The molecule has 25 heavy (non-hydrogen) atoms. The lowest BCUT2D eigenvalue weighted by atomic mass is 9.85. The fourth-order valence-corrected chi connectivity index (χ4v) is 4.32. The van der Waals surface area contributed by atoms with E-state index in [0.717, 1.165) is 45.1 Å². The van der Waals surface area contributed by atoms with E-state index in [1.165, 1.54) is 25.7 Å². The van der Waals surface area contributed by atoms with Crippen LogP contribution in [0.15, 0.2) is 18.5 Å². The molecule has 1 aromatic rings. The Balaban J connectivity index is 1.30.